The highest BCUT2D eigenvalue weighted by Crippen LogP contribution is 2.30. The lowest BCUT2D eigenvalue weighted by atomic mass is 10.1. The minimum atomic E-state index is 0.400. The van der Waals surface area contributed by atoms with Crippen molar-refractivity contribution >= 4 is 5.69 Å². The Morgan fingerprint density at radius 3 is 2.76 bits per heavy atom. The van der Waals surface area contributed by atoms with E-state index in [4.69, 9.17) is 9.47 Å². The summed E-state index contributed by atoms with van der Waals surface area (Å²) >= 11 is 0. The molecular formula is C17H28N2O2. The van der Waals surface area contributed by atoms with Crippen LogP contribution in [0.1, 0.15) is 40.0 Å². The lowest BCUT2D eigenvalue weighted by molar-refractivity contribution is 0.331. The van der Waals surface area contributed by atoms with Crippen molar-refractivity contribution in [3.8, 4) is 11.5 Å². The zero-order chi connectivity index (χ0) is 15.1. The van der Waals surface area contributed by atoms with Crippen LogP contribution < -0.4 is 20.1 Å². The van der Waals surface area contributed by atoms with Gasteiger partial charge >= 0.3 is 0 Å². The number of rotatable bonds is 8. The summed E-state index contributed by atoms with van der Waals surface area (Å²) in [5, 5.41) is 7.12. The van der Waals surface area contributed by atoms with Crippen LogP contribution in [-0.4, -0.2) is 31.8 Å². The van der Waals surface area contributed by atoms with Gasteiger partial charge in [-0.15, -0.1) is 0 Å². The van der Waals surface area contributed by atoms with Gasteiger partial charge in [0.1, 0.15) is 11.5 Å². The van der Waals surface area contributed by atoms with Crippen LogP contribution >= 0.6 is 0 Å². The first-order valence-electron chi connectivity index (χ1n) is 8.12. The van der Waals surface area contributed by atoms with E-state index in [1.807, 2.05) is 32.0 Å². The van der Waals surface area contributed by atoms with E-state index in [-0.39, 0.29) is 0 Å². The molecule has 0 radical (unpaired) electrons. The van der Waals surface area contributed by atoms with E-state index in [0.29, 0.717) is 25.3 Å². The van der Waals surface area contributed by atoms with Gasteiger partial charge in [-0.05, 0) is 58.7 Å². The summed E-state index contributed by atoms with van der Waals surface area (Å²) in [5.74, 6) is 1.78. The molecule has 118 valence electrons. The Bertz CT molecular complexity index is 431. The average molecular weight is 292 g/mol. The molecule has 4 nitrogen and oxygen atoms in total. The number of ether oxygens (including phenoxy) is 2. The fraction of sp³-hybridized carbons (Fsp3) is 0.647. The summed E-state index contributed by atoms with van der Waals surface area (Å²) in [5.41, 5.74) is 1.02. The fourth-order valence-electron chi connectivity index (χ4n) is 2.87. The molecule has 21 heavy (non-hydrogen) atoms. The topological polar surface area (TPSA) is 42.5 Å². The van der Waals surface area contributed by atoms with Crippen molar-refractivity contribution in [2.75, 3.05) is 25.1 Å². The van der Waals surface area contributed by atoms with Crippen LogP contribution in [0.25, 0.3) is 0 Å². The Kier molecular flexibility index (Phi) is 6.18. The lowest BCUT2D eigenvalue weighted by Gasteiger charge is -2.21. The van der Waals surface area contributed by atoms with E-state index in [0.717, 1.165) is 30.2 Å². The first kappa shape index (κ1) is 16.0. The van der Waals surface area contributed by atoms with E-state index in [1.165, 1.54) is 12.8 Å². The third-order valence-corrected chi connectivity index (χ3v) is 3.76. The molecule has 2 unspecified atom stereocenters. The van der Waals surface area contributed by atoms with Gasteiger partial charge in [0.15, 0.2) is 0 Å². The number of hydrogen-bond donors (Lipinski definition) is 2. The van der Waals surface area contributed by atoms with Crippen LogP contribution in [0.3, 0.4) is 0 Å². The van der Waals surface area contributed by atoms with Crippen molar-refractivity contribution in [1.82, 2.24) is 5.32 Å². The maximum absolute atomic E-state index is 5.71. The van der Waals surface area contributed by atoms with Crippen LogP contribution in [0, 0.1) is 0 Å². The van der Waals surface area contributed by atoms with Crippen molar-refractivity contribution in [2.24, 2.45) is 0 Å². The van der Waals surface area contributed by atoms with E-state index in [9.17, 15) is 0 Å². The standard InChI is InChI=1S/C17H28N2O2/c1-4-20-15-8-9-17(21-5-2)16(12-15)19-13(3)11-14-7-6-10-18-14/h8-9,12-14,18-19H,4-7,10-11H2,1-3H3. The largest absolute Gasteiger partial charge is 0.494 e. The fourth-order valence-corrected chi connectivity index (χ4v) is 2.87. The van der Waals surface area contributed by atoms with Crippen molar-refractivity contribution < 1.29 is 9.47 Å². The monoisotopic (exact) mass is 292 g/mol. The molecule has 2 N–H and O–H groups in total. The van der Waals surface area contributed by atoms with Gasteiger partial charge in [0.2, 0.25) is 0 Å². The Balaban J connectivity index is 2.02. The van der Waals surface area contributed by atoms with Gasteiger partial charge < -0.3 is 20.1 Å². The molecule has 2 atom stereocenters. The quantitative estimate of drug-likeness (QED) is 0.770. The second-order valence-corrected chi connectivity index (χ2v) is 5.60. The summed E-state index contributed by atoms with van der Waals surface area (Å²) < 4.78 is 11.3. The van der Waals surface area contributed by atoms with E-state index in [1.54, 1.807) is 0 Å². The van der Waals surface area contributed by atoms with Gasteiger partial charge in [0, 0.05) is 18.2 Å². The molecule has 0 aliphatic carbocycles. The summed E-state index contributed by atoms with van der Waals surface area (Å²) in [4.78, 5) is 0. The molecular weight excluding hydrogens is 264 g/mol. The van der Waals surface area contributed by atoms with E-state index < -0.39 is 0 Å². The average Bonchev–Trinajstić information content (AvgIpc) is 2.95. The van der Waals surface area contributed by atoms with Crippen LogP contribution in [-0.2, 0) is 0 Å². The van der Waals surface area contributed by atoms with Crippen LogP contribution in [0.5, 0.6) is 11.5 Å². The van der Waals surface area contributed by atoms with Gasteiger partial charge in [0.25, 0.3) is 0 Å². The smallest absolute Gasteiger partial charge is 0.142 e. The zero-order valence-corrected chi connectivity index (χ0v) is 13.4. The third-order valence-electron chi connectivity index (χ3n) is 3.76. The van der Waals surface area contributed by atoms with Gasteiger partial charge in [0.05, 0.1) is 18.9 Å². The molecule has 4 heteroatoms. The molecule has 1 saturated heterocycles. The molecule has 1 aromatic rings. The zero-order valence-electron chi connectivity index (χ0n) is 13.4. The maximum Gasteiger partial charge on any atom is 0.142 e. The minimum absolute atomic E-state index is 0.400. The molecule has 1 aromatic carbocycles. The van der Waals surface area contributed by atoms with Gasteiger partial charge in [-0.25, -0.2) is 0 Å². The van der Waals surface area contributed by atoms with E-state index >= 15 is 0 Å². The molecule has 1 heterocycles. The first-order chi connectivity index (χ1) is 10.2. The van der Waals surface area contributed by atoms with Crippen LogP contribution in [0.15, 0.2) is 18.2 Å². The second kappa shape index (κ2) is 8.13. The number of anilines is 1. The SMILES string of the molecule is CCOc1ccc(OCC)c(NC(C)CC2CCCN2)c1. The van der Waals surface area contributed by atoms with Crippen molar-refractivity contribution in [3.05, 3.63) is 18.2 Å². The molecule has 2 rings (SSSR count). The first-order valence-corrected chi connectivity index (χ1v) is 8.12. The highest BCUT2D eigenvalue weighted by molar-refractivity contribution is 5.60. The number of hydrogen-bond acceptors (Lipinski definition) is 4. The summed E-state index contributed by atoms with van der Waals surface area (Å²) in [6, 6.07) is 7.02. The van der Waals surface area contributed by atoms with Gasteiger partial charge in [-0.2, -0.15) is 0 Å². The molecule has 0 saturated carbocycles. The van der Waals surface area contributed by atoms with Gasteiger partial charge in [-0.1, -0.05) is 0 Å². The second-order valence-electron chi connectivity index (χ2n) is 5.60. The summed E-state index contributed by atoms with van der Waals surface area (Å²) in [6.07, 6.45) is 3.70. The molecule has 1 fully saturated rings. The highest BCUT2D eigenvalue weighted by atomic mass is 16.5. The van der Waals surface area contributed by atoms with Crippen LogP contribution in [0.4, 0.5) is 5.69 Å². The maximum atomic E-state index is 5.71. The summed E-state index contributed by atoms with van der Waals surface area (Å²) in [7, 11) is 0. The number of benzene rings is 1. The Morgan fingerprint density at radius 1 is 1.29 bits per heavy atom. The Hall–Kier alpha value is -1.42. The van der Waals surface area contributed by atoms with E-state index in [2.05, 4.69) is 17.6 Å². The number of nitrogens with one attached hydrogen (secondary N) is 2. The van der Waals surface area contributed by atoms with Crippen LogP contribution in [0.2, 0.25) is 0 Å². The Morgan fingerprint density at radius 2 is 2.10 bits per heavy atom. The Labute approximate surface area is 128 Å². The van der Waals surface area contributed by atoms with Crippen molar-refractivity contribution in [2.45, 2.75) is 52.1 Å². The normalized spacial score (nSPS) is 19.3. The molecule has 0 spiro atoms. The predicted octanol–water partition coefficient (Wildman–Crippen LogP) is 3.43. The molecule has 1 aliphatic rings. The van der Waals surface area contributed by atoms with Crippen molar-refractivity contribution in [3.63, 3.8) is 0 Å². The molecule has 0 amide bonds. The predicted molar refractivity (Wildman–Crippen MR) is 87.5 cm³/mol. The lowest BCUT2D eigenvalue weighted by Crippen LogP contribution is -2.29. The molecule has 0 bridgehead atoms. The van der Waals surface area contributed by atoms with Gasteiger partial charge in [-0.3, -0.25) is 0 Å². The highest BCUT2D eigenvalue weighted by Gasteiger charge is 2.18. The third kappa shape index (κ3) is 4.81. The summed E-state index contributed by atoms with van der Waals surface area (Å²) in [6.45, 7) is 8.73. The van der Waals surface area contributed by atoms with Crippen molar-refractivity contribution in [1.29, 1.82) is 0 Å². The minimum Gasteiger partial charge on any atom is -0.494 e. The molecule has 1 aliphatic heterocycles. The molecule has 0 aromatic heterocycles.